The number of nitrogens with zero attached hydrogens (tertiary/aromatic N) is 3. The maximum absolute atomic E-state index is 5.82. The Morgan fingerprint density at radius 2 is 1.79 bits per heavy atom. The van der Waals surface area contributed by atoms with Gasteiger partial charge < -0.3 is 10.2 Å². The van der Waals surface area contributed by atoms with Crippen molar-refractivity contribution in [2.75, 3.05) is 23.3 Å². The summed E-state index contributed by atoms with van der Waals surface area (Å²) in [7, 11) is 0. The van der Waals surface area contributed by atoms with E-state index in [0.717, 1.165) is 18.8 Å². The van der Waals surface area contributed by atoms with Crippen molar-refractivity contribution in [2.45, 2.75) is 13.8 Å². The largest absolute Gasteiger partial charge is 0.372 e. The first-order valence-electron chi connectivity index (χ1n) is 6.32. The molecular weight excluding hydrogens is 260 g/mol. The van der Waals surface area contributed by atoms with Crippen molar-refractivity contribution in [1.29, 1.82) is 0 Å². The molecule has 100 valence electrons. The van der Waals surface area contributed by atoms with Crippen LogP contribution in [0.1, 0.15) is 13.8 Å². The summed E-state index contributed by atoms with van der Waals surface area (Å²) in [5.74, 6) is 0.690. The Morgan fingerprint density at radius 3 is 2.37 bits per heavy atom. The maximum atomic E-state index is 5.82. The second kappa shape index (κ2) is 6.38. The van der Waals surface area contributed by atoms with Crippen LogP contribution in [0.3, 0.4) is 0 Å². The molecule has 0 amide bonds. The fourth-order valence-corrected chi connectivity index (χ4v) is 2.04. The quantitative estimate of drug-likeness (QED) is 0.845. The van der Waals surface area contributed by atoms with Gasteiger partial charge in [-0.2, -0.15) is 0 Å². The SMILES string of the molecule is CCN(CC)c1ccc(Nc2cc(Cl)ncn2)cc1. The summed E-state index contributed by atoms with van der Waals surface area (Å²) < 4.78 is 0. The molecule has 0 spiro atoms. The number of nitrogens with one attached hydrogen (secondary N) is 1. The monoisotopic (exact) mass is 276 g/mol. The third-order valence-electron chi connectivity index (χ3n) is 2.90. The fraction of sp³-hybridized carbons (Fsp3) is 0.286. The van der Waals surface area contributed by atoms with Crippen molar-refractivity contribution in [2.24, 2.45) is 0 Å². The van der Waals surface area contributed by atoms with E-state index < -0.39 is 0 Å². The molecule has 0 fully saturated rings. The summed E-state index contributed by atoms with van der Waals surface area (Å²) in [6, 6.07) is 9.95. The van der Waals surface area contributed by atoms with Crippen molar-refractivity contribution < 1.29 is 0 Å². The third kappa shape index (κ3) is 3.58. The Balaban J connectivity index is 2.10. The molecule has 0 atom stereocenters. The minimum Gasteiger partial charge on any atom is -0.372 e. The number of benzene rings is 1. The molecule has 0 unspecified atom stereocenters. The van der Waals surface area contributed by atoms with Crippen LogP contribution < -0.4 is 10.2 Å². The molecule has 0 saturated carbocycles. The van der Waals surface area contributed by atoms with Crippen LogP contribution in [0, 0.1) is 0 Å². The Bertz CT molecular complexity index is 523. The number of hydrogen-bond acceptors (Lipinski definition) is 4. The minimum absolute atomic E-state index is 0.428. The molecule has 1 aromatic carbocycles. The molecule has 0 saturated heterocycles. The molecule has 2 rings (SSSR count). The zero-order chi connectivity index (χ0) is 13.7. The van der Waals surface area contributed by atoms with Crippen molar-refractivity contribution >= 4 is 28.8 Å². The first-order valence-corrected chi connectivity index (χ1v) is 6.70. The van der Waals surface area contributed by atoms with Gasteiger partial charge >= 0.3 is 0 Å². The molecule has 0 aliphatic rings. The highest BCUT2D eigenvalue weighted by Gasteiger charge is 2.02. The first-order chi connectivity index (χ1) is 9.22. The lowest BCUT2D eigenvalue weighted by atomic mass is 10.2. The predicted octanol–water partition coefficient (Wildman–Crippen LogP) is 3.72. The Morgan fingerprint density at radius 1 is 1.11 bits per heavy atom. The zero-order valence-electron chi connectivity index (χ0n) is 11.1. The molecule has 0 radical (unpaired) electrons. The summed E-state index contributed by atoms with van der Waals surface area (Å²) in [5.41, 5.74) is 2.20. The molecule has 1 N–H and O–H groups in total. The van der Waals surface area contributed by atoms with Crippen LogP contribution in [0.15, 0.2) is 36.7 Å². The lowest BCUT2D eigenvalue weighted by Gasteiger charge is -2.21. The Kier molecular flexibility index (Phi) is 4.58. The van der Waals surface area contributed by atoms with Gasteiger partial charge in [0.25, 0.3) is 0 Å². The van der Waals surface area contributed by atoms with E-state index in [0.29, 0.717) is 11.0 Å². The smallest absolute Gasteiger partial charge is 0.135 e. The average molecular weight is 277 g/mol. The van der Waals surface area contributed by atoms with Crippen molar-refractivity contribution in [3.63, 3.8) is 0 Å². The molecule has 1 aromatic heterocycles. The van der Waals surface area contributed by atoms with Crippen LogP contribution in [-0.4, -0.2) is 23.1 Å². The van der Waals surface area contributed by atoms with Gasteiger partial charge in [0.2, 0.25) is 0 Å². The summed E-state index contributed by atoms with van der Waals surface area (Å²) >= 11 is 5.82. The van der Waals surface area contributed by atoms with Crippen molar-refractivity contribution in [3.8, 4) is 0 Å². The number of hydrogen-bond donors (Lipinski definition) is 1. The predicted molar refractivity (Wildman–Crippen MR) is 80.3 cm³/mol. The minimum atomic E-state index is 0.428. The van der Waals surface area contributed by atoms with Crippen molar-refractivity contribution in [3.05, 3.63) is 41.8 Å². The summed E-state index contributed by atoms with van der Waals surface area (Å²) in [6.45, 7) is 6.31. The van der Waals surface area contributed by atoms with Crippen LogP contribution in [-0.2, 0) is 0 Å². The molecule has 2 aromatic rings. The topological polar surface area (TPSA) is 41.0 Å². The van der Waals surface area contributed by atoms with Gasteiger partial charge in [-0.1, -0.05) is 11.6 Å². The van der Waals surface area contributed by atoms with Gasteiger partial charge in [0, 0.05) is 30.5 Å². The molecule has 0 aliphatic carbocycles. The van der Waals surface area contributed by atoms with Gasteiger partial charge in [-0.3, -0.25) is 0 Å². The van der Waals surface area contributed by atoms with Gasteiger partial charge in [-0.15, -0.1) is 0 Å². The molecule has 1 heterocycles. The molecule has 19 heavy (non-hydrogen) atoms. The van der Waals surface area contributed by atoms with Gasteiger partial charge in [-0.05, 0) is 38.1 Å². The van der Waals surface area contributed by atoms with Crippen LogP contribution in [0.25, 0.3) is 0 Å². The highest BCUT2D eigenvalue weighted by molar-refractivity contribution is 6.29. The van der Waals surface area contributed by atoms with E-state index in [1.165, 1.54) is 12.0 Å². The number of anilines is 3. The number of halogens is 1. The van der Waals surface area contributed by atoms with E-state index in [9.17, 15) is 0 Å². The summed E-state index contributed by atoms with van der Waals surface area (Å²) in [6.07, 6.45) is 1.44. The second-order valence-electron chi connectivity index (χ2n) is 4.07. The fourth-order valence-electron chi connectivity index (χ4n) is 1.89. The standard InChI is InChI=1S/C14H17ClN4/c1-3-19(4-2)12-7-5-11(6-8-12)18-14-9-13(15)16-10-17-14/h5-10H,3-4H2,1-2H3,(H,16,17,18). The average Bonchev–Trinajstić information content (AvgIpc) is 2.42. The van der Waals surface area contributed by atoms with Gasteiger partial charge in [0.15, 0.2) is 0 Å². The van der Waals surface area contributed by atoms with Gasteiger partial charge in [0.05, 0.1) is 0 Å². The van der Waals surface area contributed by atoms with E-state index in [1.54, 1.807) is 6.07 Å². The molecular formula is C14H17ClN4. The summed E-state index contributed by atoms with van der Waals surface area (Å²) in [5, 5.41) is 3.62. The zero-order valence-corrected chi connectivity index (χ0v) is 11.9. The van der Waals surface area contributed by atoms with Crippen LogP contribution in [0.5, 0.6) is 0 Å². The molecule has 0 bridgehead atoms. The lowest BCUT2D eigenvalue weighted by molar-refractivity contribution is 0.866. The van der Waals surface area contributed by atoms with Crippen LogP contribution in [0.4, 0.5) is 17.2 Å². The molecule has 5 heteroatoms. The van der Waals surface area contributed by atoms with E-state index in [2.05, 4.69) is 46.2 Å². The van der Waals surface area contributed by atoms with Gasteiger partial charge in [-0.25, -0.2) is 9.97 Å². The molecule has 0 aliphatic heterocycles. The van der Waals surface area contributed by atoms with Crippen LogP contribution >= 0.6 is 11.6 Å². The lowest BCUT2D eigenvalue weighted by Crippen LogP contribution is -2.21. The molecule has 4 nitrogen and oxygen atoms in total. The van der Waals surface area contributed by atoms with E-state index in [-0.39, 0.29) is 0 Å². The highest BCUT2D eigenvalue weighted by Crippen LogP contribution is 2.20. The second-order valence-corrected chi connectivity index (χ2v) is 4.46. The Hall–Kier alpha value is -1.81. The van der Waals surface area contributed by atoms with E-state index in [4.69, 9.17) is 11.6 Å². The Labute approximate surface area is 118 Å². The van der Waals surface area contributed by atoms with Gasteiger partial charge in [0.1, 0.15) is 17.3 Å². The normalized spacial score (nSPS) is 10.3. The number of rotatable bonds is 5. The van der Waals surface area contributed by atoms with Crippen LogP contribution in [0.2, 0.25) is 5.15 Å². The van der Waals surface area contributed by atoms with E-state index in [1.807, 2.05) is 12.1 Å². The van der Waals surface area contributed by atoms with Crippen molar-refractivity contribution in [1.82, 2.24) is 9.97 Å². The maximum Gasteiger partial charge on any atom is 0.135 e. The summed E-state index contributed by atoms with van der Waals surface area (Å²) in [4.78, 5) is 10.3. The first kappa shape index (κ1) is 13.6. The van der Waals surface area contributed by atoms with E-state index >= 15 is 0 Å². The third-order valence-corrected chi connectivity index (χ3v) is 3.11. The number of aromatic nitrogens is 2. The highest BCUT2D eigenvalue weighted by atomic mass is 35.5.